The predicted molar refractivity (Wildman–Crippen MR) is 92.6 cm³/mol. The summed E-state index contributed by atoms with van der Waals surface area (Å²) in [5, 5.41) is 11.7. The average Bonchev–Trinajstić information content (AvgIpc) is 3.21. The molecule has 1 aliphatic heterocycles. The van der Waals surface area contributed by atoms with Crippen molar-refractivity contribution in [3.8, 4) is 11.3 Å². The van der Waals surface area contributed by atoms with E-state index >= 15 is 0 Å². The minimum Gasteiger partial charge on any atom is -0.318 e. The van der Waals surface area contributed by atoms with Gasteiger partial charge >= 0.3 is 0 Å². The van der Waals surface area contributed by atoms with Crippen molar-refractivity contribution in [2.75, 3.05) is 0 Å². The van der Waals surface area contributed by atoms with Crippen molar-refractivity contribution in [3.63, 3.8) is 0 Å². The number of nitrogens with zero attached hydrogens (tertiary/aromatic N) is 3. The minimum atomic E-state index is -0.430. The van der Waals surface area contributed by atoms with E-state index in [4.69, 9.17) is 0 Å². The maximum absolute atomic E-state index is 12.5. The van der Waals surface area contributed by atoms with Crippen molar-refractivity contribution in [1.82, 2.24) is 9.55 Å². The molecule has 0 saturated heterocycles. The smallest absolute Gasteiger partial charge is 0.275 e. The van der Waals surface area contributed by atoms with E-state index in [2.05, 4.69) is 4.98 Å². The number of Topliss-reactive ketones (excluding diaryl/α,β-unsaturated/α-hetero) is 1. The molecule has 0 spiro atoms. The van der Waals surface area contributed by atoms with Gasteiger partial charge in [0, 0.05) is 23.6 Å². The second kappa shape index (κ2) is 5.66. The van der Waals surface area contributed by atoms with Crippen molar-refractivity contribution in [1.29, 1.82) is 0 Å². The van der Waals surface area contributed by atoms with Gasteiger partial charge in [0.25, 0.3) is 5.69 Å². The van der Waals surface area contributed by atoms with E-state index < -0.39 is 11.0 Å². The normalized spacial score (nSPS) is 14.8. The Labute approximate surface area is 143 Å². The van der Waals surface area contributed by atoms with Gasteiger partial charge in [-0.3, -0.25) is 14.9 Å². The first-order valence-electron chi connectivity index (χ1n) is 8.05. The molecule has 6 heteroatoms. The first-order chi connectivity index (χ1) is 12.1. The molecule has 124 valence electrons. The van der Waals surface area contributed by atoms with Gasteiger partial charge in [-0.25, -0.2) is 4.98 Å². The molecule has 2 heterocycles. The maximum atomic E-state index is 12.5. The maximum Gasteiger partial charge on any atom is 0.275 e. The summed E-state index contributed by atoms with van der Waals surface area (Å²) < 4.78 is 1.90. The van der Waals surface area contributed by atoms with Crippen molar-refractivity contribution in [2.45, 2.75) is 19.4 Å². The van der Waals surface area contributed by atoms with Crippen LogP contribution in [0.4, 0.5) is 5.69 Å². The van der Waals surface area contributed by atoms with Crippen molar-refractivity contribution < 1.29 is 9.72 Å². The summed E-state index contributed by atoms with van der Waals surface area (Å²) in [6, 6.07) is 12.0. The second-order valence-electron chi connectivity index (χ2n) is 5.95. The fourth-order valence-corrected chi connectivity index (χ4v) is 3.57. The van der Waals surface area contributed by atoms with Crippen LogP contribution in [0.1, 0.15) is 40.9 Å². The first kappa shape index (κ1) is 15.3. The SMILES string of the molecule is CCC(=O)c1cccc([N+](=O)[O-])c1C1c2ccccc2-c2cncn21. The molecule has 0 bridgehead atoms. The van der Waals surface area contributed by atoms with Crippen LogP contribution < -0.4 is 0 Å². The molecule has 0 aliphatic carbocycles. The van der Waals surface area contributed by atoms with E-state index in [-0.39, 0.29) is 11.5 Å². The lowest BCUT2D eigenvalue weighted by Crippen LogP contribution is -2.15. The molecule has 6 nitrogen and oxygen atoms in total. The van der Waals surface area contributed by atoms with E-state index in [1.807, 2.05) is 28.8 Å². The van der Waals surface area contributed by atoms with Gasteiger partial charge in [0.1, 0.15) is 0 Å². The number of ketones is 1. The number of nitro groups is 1. The second-order valence-corrected chi connectivity index (χ2v) is 5.95. The van der Waals surface area contributed by atoms with Gasteiger partial charge in [-0.2, -0.15) is 0 Å². The van der Waals surface area contributed by atoms with Crippen LogP contribution in [0.2, 0.25) is 0 Å². The van der Waals surface area contributed by atoms with Crippen LogP contribution in [0.3, 0.4) is 0 Å². The summed E-state index contributed by atoms with van der Waals surface area (Å²) in [7, 11) is 0. The molecule has 0 fully saturated rings. The summed E-state index contributed by atoms with van der Waals surface area (Å²) in [5.74, 6) is -0.107. The van der Waals surface area contributed by atoms with Crippen LogP contribution in [0, 0.1) is 10.1 Å². The Kier molecular flexibility index (Phi) is 3.46. The molecule has 1 unspecified atom stereocenters. The highest BCUT2D eigenvalue weighted by molar-refractivity contribution is 5.99. The van der Waals surface area contributed by atoms with E-state index in [9.17, 15) is 14.9 Å². The number of hydrogen-bond acceptors (Lipinski definition) is 4. The van der Waals surface area contributed by atoms with Gasteiger partial charge in [-0.15, -0.1) is 0 Å². The van der Waals surface area contributed by atoms with Crippen LogP contribution in [0.5, 0.6) is 0 Å². The molecule has 0 radical (unpaired) electrons. The Bertz CT molecular complexity index is 1010. The number of fused-ring (bicyclic) bond motifs is 3. The number of imidazole rings is 1. The Morgan fingerprint density at radius 2 is 2.04 bits per heavy atom. The molecule has 0 N–H and O–H groups in total. The molecule has 25 heavy (non-hydrogen) atoms. The quantitative estimate of drug-likeness (QED) is 0.321. The molecular weight excluding hydrogens is 318 g/mol. The molecule has 3 aromatic rings. The van der Waals surface area contributed by atoms with E-state index in [0.717, 1.165) is 16.8 Å². The number of rotatable bonds is 4. The number of hydrogen-bond donors (Lipinski definition) is 0. The third-order valence-corrected chi connectivity index (χ3v) is 4.65. The van der Waals surface area contributed by atoms with Crippen molar-refractivity contribution in [3.05, 3.63) is 81.8 Å². The van der Waals surface area contributed by atoms with E-state index in [1.165, 1.54) is 6.07 Å². The zero-order chi connectivity index (χ0) is 17.6. The lowest BCUT2D eigenvalue weighted by atomic mass is 9.90. The number of aromatic nitrogens is 2. The Morgan fingerprint density at radius 3 is 2.80 bits per heavy atom. The standard InChI is InChI=1S/C19H15N3O3/c1-2-17(23)14-8-5-9-15(22(24)25)18(14)19-13-7-4-3-6-12(13)16-10-20-11-21(16)19/h3-11,19H,2H2,1H3. The largest absolute Gasteiger partial charge is 0.318 e. The van der Waals surface area contributed by atoms with E-state index in [0.29, 0.717) is 17.5 Å². The summed E-state index contributed by atoms with van der Waals surface area (Å²) in [6.07, 6.45) is 3.70. The highest BCUT2D eigenvalue weighted by Crippen LogP contribution is 2.46. The van der Waals surface area contributed by atoms with Gasteiger partial charge in [0.05, 0.1) is 34.7 Å². The molecule has 4 rings (SSSR count). The first-order valence-corrected chi connectivity index (χ1v) is 8.05. The number of nitro benzene ring substituents is 1. The van der Waals surface area contributed by atoms with Gasteiger partial charge < -0.3 is 4.57 Å². The summed E-state index contributed by atoms with van der Waals surface area (Å²) in [6.45, 7) is 1.76. The number of carbonyl (C=O) groups is 1. The molecule has 1 aliphatic rings. The number of benzene rings is 2. The average molecular weight is 333 g/mol. The fraction of sp³-hybridized carbons (Fsp3) is 0.158. The zero-order valence-electron chi connectivity index (χ0n) is 13.5. The van der Waals surface area contributed by atoms with Crippen LogP contribution in [0.25, 0.3) is 11.3 Å². The van der Waals surface area contributed by atoms with Crippen LogP contribution in [-0.4, -0.2) is 20.3 Å². The third-order valence-electron chi connectivity index (χ3n) is 4.65. The van der Waals surface area contributed by atoms with E-state index in [1.54, 1.807) is 31.6 Å². The summed E-state index contributed by atoms with van der Waals surface area (Å²) in [5.41, 5.74) is 3.62. The molecular formula is C19H15N3O3. The highest BCUT2D eigenvalue weighted by Gasteiger charge is 2.36. The minimum absolute atomic E-state index is 0.0411. The molecule has 0 amide bonds. The highest BCUT2D eigenvalue weighted by atomic mass is 16.6. The fourth-order valence-electron chi connectivity index (χ4n) is 3.57. The predicted octanol–water partition coefficient (Wildman–Crippen LogP) is 4.00. The molecule has 1 atom stereocenters. The lowest BCUT2D eigenvalue weighted by Gasteiger charge is -2.18. The molecule has 0 saturated carbocycles. The third kappa shape index (κ3) is 2.18. The monoisotopic (exact) mass is 333 g/mol. The Morgan fingerprint density at radius 1 is 1.24 bits per heavy atom. The van der Waals surface area contributed by atoms with Gasteiger partial charge in [-0.05, 0) is 5.56 Å². The van der Waals surface area contributed by atoms with Gasteiger partial charge in [0.2, 0.25) is 0 Å². The van der Waals surface area contributed by atoms with Gasteiger partial charge in [0.15, 0.2) is 5.78 Å². The molecule has 2 aromatic carbocycles. The topological polar surface area (TPSA) is 78.0 Å². The molecule has 1 aromatic heterocycles. The zero-order valence-corrected chi connectivity index (χ0v) is 13.5. The van der Waals surface area contributed by atoms with Gasteiger partial charge in [-0.1, -0.05) is 43.3 Å². The van der Waals surface area contributed by atoms with Crippen molar-refractivity contribution >= 4 is 11.5 Å². The van der Waals surface area contributed by atoms with Crippen LogP contribution in [-0.2, 0) is 0 Å². The van der Waals surface area contributed by atoms with Crippen molar-refractivity contribution in [2.24, 2.45) is 0 Å². The van der Waals surface area contributed by atoms with Crippen LogP contribution >= 0.6 is 0 Å². The summed E-state index contributed by atoms with van der Waals surface area (Å²) in [4.78, 5) is 27.9. The lowest BCUT2D eigenvalue weighted by molar-refractivity contribution is -0.385. The Hall–Kier alpha value is -3.28. The number of carbonyl (C=O) groups excluding carboxylic acids is 1. The summed E-state index contributed by atoms with van der Waals surface area (Å²) >= 11 is 0. The van der Waals surface area contributed by atoms with Crippen LogP contribution in [0.15, 0.2) is 55.0 Å². The Balaban J connectivity index is 2.06.